The van der Waals surface area contributed by atoms with Crippen molar-refractivity contribution < 1.29 is 0 Å². The standard InChI is InChI=1S/C10H13N/c1-3-4-5-10-6-7-11-8-9(10)2/h4-8H,3H2,1-2H3/b5-4-. The lowest BCUT2D eigenvalue weighted by molar-refractivity contribution is 1.22. The second kappa shape index (κ2) is 3.91. The minimum atomic E-state index is 1.09. The fraction of sp³-hybridized carbons (Fsp3) is 0.300. The van der Waals surface area contributed by atoms with Crippen LogP contribution in [0.3, 0.4) is 0 Å². The highest BCUT2D eigenvalue weighted by atomic mass is 14.6. The first-order chi connectivity index (χ1) is 5.34. The molecule has 0 aromatic carbocycles. The smallest absolute Gasteiger partial charge is 0.0303 e. The molecule has 0 saturated heterocycles. The van der Waals surface area contributed by atoms with Gasteiger partial charge in [0.2, 0.25) is 0 Å². The Morgan fingerprint density at radius 3 is 3.00 bits per heavy atom. The normalized spacial score (nSPS) is 10.7. The van der Waals surface area contributed by atoms with E-state index in [2.05, 4.69) is 31.0 Å². The van der Waals surface area contributed by atoms with E-state index in [9.17, 15) is 0 Å². The van der Waals surface area contributed by atoms with Crippen molar-refractivity contribution >= 4 is 6.08 Å². The third-order valence-corrected chi connectivity index (χ3v) is 1.60. The predicted molar refractivity (Wildman–Crippen MR) is 48.3 cm³/mol. The largest absolute Gasteiger partial charge is 0.264 e. The minimum absolute atomic E-state index is 1.09. The van der Waals surface area contributed by atoms with Gasteiger partial charge in [-0.15, -0.1) is 0 Å². The summed E-state index contributed by atoms with van der Waals surface area (Å²) in [6.07, 6.45) is 9.08. The third kappa shape index (κ3) is 2.19. The van der Waals surface area contributed by atoms with Crippen molar-refractivity contribution in [2.45, 2.75) is 20.3 Å². The summed E-state index contributed by atoms with van der Waals surface area (Å²) in [6, 6.07) is 2.03. The molecule has 11 heavy (non-hydrogen) atoms. The molecule has 0 amide bonds. The van der Waals surface area contributed by atoms with Crippen LogP contribution in [0.25, 0.3) is 6.08 Å². The zero-order valence-corrected chi connectivity index (χ0v) is 7.04. The molecule has 0 spiro atoms. The zero-order chi connectivity index (χ0) is 8.10. The highest BCUT2D eigenvalue weighted by Gasteiger charge is 1.89. The molecule has 0 unspecified atom stereocenters. The summed E-state index contributed by atoms with van der Waals surface area (Å²) in [5.74, 6) is 0. The molecule has 1 aromatic rings. The second-order valence-electron chi connectivity index (χ2n) is 2.54. The average molecular weight is 147 g/mol. The maximum atomic E-state index is 4.02. The summed E-state index contributed by atoms with van der Waals surface area (Å²) in [7, 11) is 0. The van der Waals surface area contributed by atoms with E-state index in [4.69, 9.17) is 0 Å². The van der Waals surface area contributed by atoms with E-state index in [1.807, 2.05) is 18.5 Å². The third-order valence-electron chi connectivity index (χ3n) is 1.60. The Bertz CT molecular complexity index is 251. The molecule has 1 heteroatoms. The number of hydrogen-bond acceptors (Lipinski definition) is 1. The van der Waals surface area contributed by atoms with Crippen LogP contribution in [0.4, 0.5) is 0 Å². The molecule has 1 aromatic heterocycles. The van der Waals surface area contributed by atoms with Crippen molar-refractivity contribution in [3.63, 3.8) is 0 Å². The molecule has 1 heterocycles. The first kappa shape index (κ1) is 7.99. The molecular weight excluding hydrogens is 134 g/mol. The molecule has 58 valence electrons. The van der Waals surface area contributed by atoms with Crippen LogP contribution in [0.1, 0.15) is 24.5 Å². The van der Waals surface area contributed by atoms with Crippen molar-refractivity contribution in [2.24, 2.45) is 0 Å². The van der Waals surface area contributed by atoms with Crippen LogP contribution in [0, 0.1) is 6.92 Å². The van der Waals surface area contributed by atoms with Gasteiger partial charge < -0.3 is 0 Å². The average Bonchev–Trinajstić information content (AvgIpc) is 2.03. The maximum absolute atomic E-state index is 4.02. The van der Waals surface area contributed by atoms with Crippen molar-refractivity contribution in [3.05, 3.63) is 35.7 Å². The quantitative estimate of drug-likeness (QED) is 0.626. The lowest BCUT2D eigenvalue weighted by atomic mass is 10.1. The Morgan fingerprint density at radius 2 is 2.36 bits per heavy atom. The lowest BCUT2D eigenvalue weighted by Crippen LogP contribution is -1.80. The van der Waals surface area contributed by atoms with Crippen LogP contribution >= 0.6 is 0 Å². The Kier molecular flexibility index (Phi) is 2.84. The topological polar surface area (TPSA) is 12.9 Å². The van der Waals surface area contributed by atoms with Gasteiger partial charge in [0.25, 0.3) is 0 Å². The molecule has 0 fully saturated rings. The van der Waals surface area contributed by atoms with E-state index in [1.165, 1.54) is 11.1 Å². The molecule has 0 aliphatic rings. The molecule has 0 bridgehead atoms. The Hall–Kier alpha value is -1.11. The van der Waals surface area contributed by atoms with Gasteiger partial charge >= 0.3 is 0 Å². The number of aromatic nitrogens is 1. The number of hydrogen-bond donors (Lipinski definition) is 0. The van der Waals surface area contributed by atoms with Gasteiger partial charge in [-0.3, -0.25) is 4.98 Å². The zero-order valence-electron chi connectivity index (χ0n) is 7.04. The fourth-order valence-electron chi connectivity index (χ4n) is 0.916. The summed E-state index contributed by atoms with van der Waals surface area (Å²) in [4.78, 5) is 4.02. The monoisotopic (exact) mass is 147 g/mol. The summed E-state index contributed by atoms with van der Waals surface area (Å²) in [5.41, 5.74) is 2.50. The molecule has 0 aliphatic carbocycles. The number of allylic oxidation sites excluding steroid dienone is 1. The fourth-order valence-corrected chi connectivity index (χ4v) is 0.916. The van der Waals surface area contributed by atoms with E-state index in [-0.39, 0.29) is 0 Å². The Morgan fingerprint density at radius 1 is 1.55 bits per heavy atom. The van der Waals surface area contributed by atoms with Gasteiger partial charge in [-0.25, -0.2) is 0 Å². The van der Waals surface area contributed by atoms with E-state index >= 15 is 0 Å². The van der Waals surface area contributed by atoms with E-state index in [0.717, 1.165) is 6.42 Å². The summed E-state index contributed by atoms with van der Waals surface area (Å²) in [5, 5.41) is 0. The number of pyridine rings is 1. The Balaban J connectivity index is 2.86. The van der Waals surface area contributed by atoms with Crippen LogP contribution in [0.5, 0.6) is 0 Å². The summed E-state index contributed by atoms with van der Waals surface area (Å²) < 4.78 is 0. The van der Waals surface area contributed by atoms with Crippen LogP contribution in [-0.2, 0) is 0 Å². The van der Waals surface area contributed by atoms with Crippen molar-refractivity contribution in [3.8, 4) is 0 Å². The molecule has 0 radical (unpaired) electrons. The van der Waals surface area contributed by atoms with Gasteiger partial charge in [0.05, 0.1) is 0 Å². The van der Waals surface area contributed by atoms with Gasteiger partial charge in [0.15, 0.2) is 0 Å². The van der Waals surface area contributed by atoms with Crippen LogP contribution in [0.15, 0.2) is 24.5 Å². The van der Waals surface area contributed by atoms with Gasteiger partial charge in [-0.1, -0.05) is 19.1 Å². The predicted octanol–water partition coefficient (Wildman–Crippen LogP) is 2.81. The molecule has 1 nitrogen and oxygen atoms in total. The highest BCUT2D eigenvalue weighted by Crippen LogP contribution is 2.06. The van der Waals surface area contributed by atoms with Crippen LogP contribution in [-0.4, -0.2) is 4.98 Å². The number of nitrogens with zero attached hydrogens (tertiary/aromatic N) is 1. The Labute approximate surface area is 67.8 Å². The first-order valence-electron chi connectivity index (χ1n) is 3.91. The molecule has 0 atom stereocenters. The lowest BCUT2D eigenvalue weighted by Gasteiger charge is -1.96. The van der Waals surface area contributed by atoms with Crippen LogP contribution < -0.4 is 0 Å². The summed E-state index contributed by atoms with van der Waals surface area (Å²) in [6.45, 7) is 4.20. The minimum Gasteiger partial charge on any atom is -0.264 e. The van der Waals surface area contributed by atoms with Gasteiger partial charge in [-0.2, -0.15) is 0 Å². The van der Waals surface area contributed by atoms with Crippen molar-refractivity contribution in [1.82, 2.24) is 4.98 Å². The van der Waals surface area contributed by atoms with Gasteiger partial charge in [0, 0.05) is 12.4 Å². The van der Waals surface area contributed by atoms with E-state index < -0.39 is 0 Å². The molecule has 1 rings (SSSR count). The maximum Gasteiger partial charge on any atom is 0.0303 e. The molecule has 0 aliphatic heterocycles. The van der Waals surface area contributed by atoms with Crippen molar-refractivity contribution in [1.29, 1.82) is 0 Å². The molecule has 0 N–H and O–H groups in total. The summed E-state index contributed by atoms with van der Waals surface area (Å²) >= 11 is 0. The van der Waals surface area contributed by atoms with Gasteiger partial charge in [0.1, 0.15) is 0 Å². The highest BCUT2D eigenvalue weighted by molar-refractivity contribution is 5.51. The number of aryl methyl sites for hydroxylation is 1. The first-order valence-corrected chi connectivity index (χ1v) is 3.91. The second-order valence-corrected chi connectivity index (χ2v) is 2.54. The van der Waals surface area contributed by atoms with Crippen LogP contribution in [0.2, 0.25) is 0 Å². The van der Waals surface area contributed by atoms with Crippen molar-refractivity contribution in [2.75, 3.05) is 0 Å². The van der Waals surface area contributed by atoms with E-state index in [1.54, 1.807) is 0 Å². The van der Waals surface area contributed by atoms with Gasteiger partial charge in [-0.05, 0) is 30.5 Å². The number of rotatable bonds is 2. The molecule has 0 saturated carbocycles. The van der Waals surface area contributed by atoms with E-state index in [0.29, 0.717) is 0 Å². The SMILES string of the molecule is CC/C=C\c1ccncc1C. The molecular formula is C10H13N.